The van der Waals surface area contributed by atoms with Gasteiger partial charge in [-0.15, -0.1) is 0 Å². The molecule has 7 nitrogen and oxygen atoms in total. The van der Waals surface area contributed by atoms with E-state index in [2.05, 4.69) is 10.6 Å². The van der Waals surface area contributed by atoms with Gasteiger partial charge < -0.3 is 10.6 Å². The molecule has 1 aliphatic rings. The zero-order valence-corrected chi connectivity index (χ0v) is 15.5. The fourth-order valence-electron chi connectivity index (χ4n) is 2.66. The number of hydrogen-bond acceptors (Lipinski definition) is 5. The van der Waals surface area contributed by atoms with E-state index in [-0.39, 0.29) is 17.7 Å². The summed E-state index contributed by atoms with van der Waals surface area (Å²) in [5, 5.41) is 23.1. The molecule has 0 saturated carbocycles. The Hall–Kier alpha value is -3.56. The molecular weight excluding hydrogens is 381 g/mol. The van der Waals surface area contributed by atoms with E-state index in [9.17, 15) is 14.0 Å². The van der Waals surface area contributed by atoms with Crippen molar-refractivity contribution in [1.82, 2.24) is 9.62 Å². The van der Waals surface area contributed by atoms with E-state index < -0.39 is 23.8 Å². The van der Waals surface area contributed by atoms with Gasteiger partial charge in [0.05, 0.1) is 39.9 Å². The molecule has 0 radical (unpaired) electrons. The summed E-state index contributed by atoms with van der Waals surface area (Å²) in [5.74, 6) is -1.06. The fourth-order valence-corrected chi connectivity index (χ4v) is 3.60. The Balaban J connectivity index is 1.67. The van der Waals surface area contributed by atoms with E-state index in [0.717, 1.165) is 18.0 Å². The Bertz CT molecular complexity index is 1040. The Morgan fingerprint density at radius 2 is 1.93 bits per heavy atom. The number of amides is 3. The van der Waals surface area contributed by atoms with Gasteiger partial charge in [0.25, 0.3) is 0 Å². The number of anilines is 1. The van der Waals surface area contributed by atoms with Crippen molar-refractivity contribution in [3.05, 3.63) is 58.9 Å². The summed E-state index contributed by atoms with van der Waals surface area (Å²) in [6.07, 6.45) is 0. The second-order valence-electron chi connectivity index (χ2n) is 6.02. The first kappa shape index (κ1) is 19.2. The number of carbonyl (C=O) groups is 2. The highest BCUT2D eigenvalue weighted by molar-refractivity contribution is 7.97. The van der Waals surface area contributed by atoms with E-state index in [4.69, 9.17) is 10.5 Å². The monoisotopic (exact) mass is 395 g/mol. The number of hydrogen-bond donors (Lipinski definition) is 2. The third kappa shape index (κ3) is 4.05. The van der Waals surface area contributed by atoms with E-state index in [1.165, 1.54) is 16.4 Å². The van der Waals surface area contributed by atoms with Crippen molar-refractivity contribution in [3.8, 4) is 12.1 Å². The van der Waals surface area contributed by atoms with Crippen LogP contribution in [0, 0.1) is 28.5 Å². The third-order valence-electron chi connectivity index (χ3n) is 4.05. The Kier molecular flexibility index (Phi) is 5.48. The first-order chi connectivity index (χ1) is 13.4. The van der Waals surface area contributed by atoms with Crippen LogP contribution in [0.3, 0.4) is 0 Å². The minimum absolute atomic E-state index is 0.191. The van der Waals surface area contributed by atoms with Crippen molar-refractivity contribution in [2.45, 2.75) is 17.9 Å². The Morgan fingerprint density at radius 1 is 1.25 bits per heavy atom. The summed E-state index contributed by atoms with van der Waals surface area (Å²) in [6.45, 7) is 1.36. The fraction of sp³-hybridized carbons (Fsp3) is 0.158. The minimum Gasteiger partial charge on any atom is -0.348 e. The average Bonchev–Trinajstić information content (AvgIpc) is 2.67. The number of fused-ring (bicyclic) bond motifs is 1. The quantitative estimate of drug-likeness (QED) is 0.772. The van der Waals surface area contributed by atoms with Crippen LogP contribution in [0.5, 0.6) is 0 Å². The highest BCUT2D eigenvalue weighted by Crippen LogP contribution is 2.35. The predicted octanol–water partition coefficient (Wildman–Crippen LogP) is 3.30. The van der Waals surface area contributed by atoms with Gasteiger partial charge in [-0.05, 0) is 49.2 Å². The van der Waals surface area contributed by atoms with Gasteiger partial charge in [0, 0.05) is 5.56 Å². The van der Waals surface area contributed by atoms with Gasteiger partial charge in [-0.2, -0.15) is 10.5 Å². The smallest absolute Gasteiger partial charge is 0.332 e. The van der Waals surface area contributed by atoms with Gasteiger partial charge in [-0.25, -0.2) is 9.18 Å². The topological polar surface area (TPSA) is 109 Å². The predicted molar refractivity (Wildman–Crippen MR) is 100 cm³/mol. The average molecular weight is 395 g/mol. The van der Waals surface area contributed by atoms with Crippen LogP contribution in [0.4, 0.5) is 14.9 Å². The van der Waals surface area contributed by atoms with Crippen LogP contribution in [0.25, 0.3) is 0 Å². The van der Waals surface area contributed by atoms with Crippen LogP contribution in [0.2, 0.25) is 0 Å². The largest absolute Gasteiger partial charge is 0.348 e. The van der Waals surface area contributed by atoms with Crippen LogP contribution in [0.1, 0.15) is 29.7 Å². The lowest BCUT2D eigenvalue weighted by atomic mass is 10.1. The summed E-state index contributed by atoms with van der Waals surface area (Å²) < 4.78 is 15.3. The lowest BCUT2D eigenvalue weighted by Gasteiger charge is -2.28. The number of halogens is 1. The standard InChI is InChI=1S/C19H14FN5O2S/c1-11(14-4-2-12(8-21)6-15(14)20)23-18(26)10-25-19(27)24-16-5-3-13(9-22)7-17(16)28-25/h2-7,11H,10H2,1H3,(H,23,26)(H,24,27). The number of nitriles is 2. The van der Waals surface area contributed by atoms with Gasteiger partial charge in [0.1, 0.15) is 12.4 Å². The summed E-state index contributed by atoms with van der Waals surface area (Å²) in [4.78, 5) is 25.2. The van der Waals surface area contributed by atoms with Gasteiger partial charge in [0.15, 0.2) is 0 Å². The lowest BCUT2D eigenvalue weighted by Crippen LogP contribution is -2.41. The van der Waals surface area contributed by atoms with Crippen molar-refractivity contribution < 1.29 is 14.0 Å². The molecule has 2 N–H and O–H groups in total. The third-order valence-corrected chi connectivity index (χ3v) is 5.10. The van der Waals surface area contributed by atoms with Crippen LogP contribution in [-0.2, 0) is 4.79 Å². The van der Waals surface area contributed by atoms with Crippen LogP contribution < -0.4 is 10.6 Å². The molecule has 1 aliphatic heterocycles. The highest BCUT2D eigenvalue weighted by atomic mass is 32.2. The van der Waals surface area contributed by atoms with Crippen LogP contribution in [0.15, 0.2) is 41.3 Å². The van der Waals surface area contributed by atoms with E-state index in [0.29, 0.717) is 16.1 Å². The molecule has 2 aromatic carbocycles. The molecule has 1 atom stereocenters. The molecule has 9 heteroatoms. The molecule has 3 rings (SSSR count). The van der Waals surface area contributed by atoms with Crippen molar-refractivity contribution in [2.75, 3.05) is 11.9 Å². The summed E-state index contributed by atoms with van der Waals surface area (Å²) >= 11 is 1.05. The van der Waals surface area contributed by atoms with Gasteiger partial charge in [-0.1, -0.05) is 6.07 Å². The molecule has 0 aromatic heterocycles. The number of nitrogens with one attached hydrogen (secondary N) is 2. The van der Waals surface area contributed by atoms with Crippen molar-refractivity contribution >= 4 is 29.6 Å². The van der Waals surface area contributed by atoms with Crippen LogP contribution in [-0.4, -0.2) is 22.8 Å². The zero-order valence-electron chi connectivity index (χ0n) is 14.7. The summed E-state index contributed by atoms with van der Waals surface area (Å²) in [5.41, 5.74) is 1.44. The molecule has 0 saturated heterocycles. The molecule has 3 amide bonds. The van der Waals surface area contributed by atoms with Crippen molar-refractivity contribution in [1.29, 1.82) is 10.5 Å². The molecule has 140 valence electrons. The Morgan fingerprint density at radius 3 is 2.61 bits per heavy atom. The number of urea groups is 1. The van der Waals surface area contributed by atoms with E-state index >= 15 is 0 Å². The SMILES string of the molecule is CC(NC(=O)CN1Sc2cc(C#N)ccc2NC1=O)c1ccc(C#N)cc1F. The van der Waals surface area contributed by atoms with Gasteiger partial charge >= 0.3 is 6.03 Å². The summed E-state index contributed by atoms with van der Waals surface area (Å²) in [7, 11) is 0. The minimum atomic E-state index is -0.643. The van der Waals surface area contributed by atoms with Crippen LogP contribution >= 0.6 is 11.9 Å². The molecule has 0 bridgehead atoms. The molecular formula is C19H14FN5O2S. The molecule has 0 spiro atoms. The molecule has 1 heterocycles. The normalized spacial score (nSPS) is 13.6. The number of rotatable bonds is 4. The van der Waals surface area contributed by atoms with Gasteiger partial charge in [0.2, 0.25) is 5.91 Å². The second-order valence-corrected chi connectivity index (χ2v) is 7.08. The molecule has 2 aromatic rings. The van der Waals surface area contributed by atoms with Crippen molar-refractivity contribution in [2.24, 2.45) is 0 Å². The molecule has 0 fully saturated rings. The van der Waals surface area contributed by atoms with Crippen molar-refractivity contribution in [3.63, 3.8) is 0 Å². The zero-order chi connectivity index (χ0) is 20.3. The lowest BCUT2D eigenvalue weighted by molar-refractivity contribution is -0.121. The maximum atomic E-state index is 14.1. The molecule has 0 aliphatic carbocycles. The highest BCUT2D eigenvalue weighted by Gasteiger charge is 2.26. The molecule has 1 unspecified atom stereocenters. The number of benzene rings is 2. The maximum absolute atomic E-state index is 14.1. The second kappa shape index (κ2) is 7.99. The molecule has 28 heavy (non-hydrogen) atoms. The van der Waals surface area contributed by atoms with E-state index in [1.807, 2.05) is 12.1 Å². The first-order valence-electron chi connectivity index (χ1n) is 8.21. The first-order valence-corrected chi connectivity index (χ1v) is 8.98. The summed E-state index contributed by atoms with van der Waals surface area (Å²) in [6, 6.07) is 11.6. The number of nitrogens with zero attached hydrogens (tertiary/aromatic N) is 3. The van der Waals surface area contributed by atoms with Gasteiger partial charge in [-0.3, -0.25) is 9.10 Å². The number of carbonyl (C=O) groups excluding carboxylic acids is 2. The Labute approximate surface area is 164 Å². The van der Waals surface area contributed by atoms with E-state index in [1.54, 1.807) is 25.1 Å². The maximum Gasteiger partial charge on any atom is 0.332 e.